The van der Waals surface area contributed by atoms with Gasteiger partial charge in [0, 0.05) is 84.4 Å². The molecule has 0 unspecified atom stereocenters. The number of benzene rings is 2. The Hall–Kier alpha value is -5.14. The molecule has 6 heterocycles. The van der Waals surface area contributed by atoms with Crippen LogP contribution in [0.5, 0.6) is 5.75 Å². The normalized spacial score (nSPS) is 33.2. The van der Waals surface area contributed by atoms with Gasteiger partial charge in [0.1, 0.15) is 11.2 Å². The van der Waals surface area contributed by atoms with Crippen LogP contribution in [-0.4, -0.2) is 122 Å². The van der Waals surface area contributed by atoms with Crippen LogP contribution < -0.4 is 9.64 Å². The highest BCUT2D eigenvalue weighted by atomic mass is 16.6. The van der Waals surface area contributed by atoms with Gasteiger partial charge in [-0.1, -0.05) is 55.8 Å². The zero-order valence-corrected chi connectivity index (χ0v) is 34.9. The summed E-state index contributed by atoms with van der Waals surface area (Å²) in [6.45, 7) is 7.66. The molecule has 1 aromatic heterocycles. The molecule has 59 heavy (non-hydrogen) atoms. The van der Waals surface area contributed by atoms with Crippen molar-refractivity contribution in [2.45, 2.75) is 87.5 Å². The van der Waals surface area contributed by atoms with E-state index in [1.165, 1.54) is 21.1 Å². The summed E-state index contributed by atoms with van der Waals surface area (Å²) in [6, 6.07) is 10.6. The fourth-order valence-corrected chi connectivity index (χ4v) is 12.8. The molecule has 13 nitrogen and oxygen atoms in total. The second kappa shape index (κ2) is 13.7. The van der Waals surface area contributed by atoms with Gasteiger partial charge in [-0.3, -0.25) is 19.3 Å². The summed E-state index contributed by atoms with van der Waals surface area (Å²) < 4.78 is 23.8. The molecule has 6 aliphatic rings. The van der Waals surface area contributed by atoms with Crippen molar-refractivity contribution in [3.8, 4) is 5.75 Å². The number of hydrogen-bond acceptors (Lipinski definition) is 11. The van der Waals surface area contributed by atoms with E-state index >= 15 is 4.79 Å². The molecular formula is C46H54N4O9. The number of nitrogens with one attached hydrogen (secondary N) is 1. The minimum atomic E-state index is -2.33. The average molecular weight is 807 g/mol. The first-order valence-corrected chi connectivity index (χ1v) is 20.8. The lowest BCUT2D eigenvalue weighted by Crippen LogP contribution is -2.81. The minimum absolute atomic E-state index is 0.0384. The Kier molecular flexibility index (Phi) is 9.13. The Morgan fingerprint density at radius 1 is 1.00 bits per heavy atom. The highest BCUT2D eigenvalue weighted by Gasteiger charge is 2.80. The molecule has 8 atom stereocenters. The largest absolute Gasteiger partial charge is 0.496 e. The van der Waals surface area contributed by atoms with Crippen molar-refractivity contribution in [2.24, 2.45) is 11.3 Å². The van der Waals surface area contributed by atoms with Crippen molar-refractivity contribution < 1.29 is 43.2 Å². The number of esters is 3. The molecule has 2 N–H and O–H groups in total. The molecule has 13 heteroatoms. The van der Waals surface area contributed by atoms with Crippen molar-refractivity contribution >= 4 is 40.4 Å². The number of ether oxygens (including phenoxy) is 4. The summed E-state index contributed by atoms with van der Waals surface area (Å²) in [5.41, 5.74) is -0.239. The molecule has 5 aliphatic heterocycles. The van der Waals surface area contributed by atoms with E-state index in [0.717, 1.165) is 34.0 Å². The van der Waals surface area contributed by atoms with Gasteiger partial charge in [0.15, 0.2) is 6.10 Å². The average Bonchev–Trinajstić information content (AvgIpc) is 3.90. The number of rotatable bonds is 7. The number of fused-ring (bicyclic) bond motifs is 6. The molecule has 1 amide bonds. The Morgan fingerprint density at radius 2 is 1.76 bits per heavy atom. The molecular weight excluding hydrogens is 753 g/mol. The van der Waals surface area contributed by atoms with Crippen LogP contribution in [0.15, 0.2) is 60.2 Å². The minimum Gasteiger partial charge on any atom is -0.496 e. The lowest BCUT2D eigenvalue weighted by atomic mass is 9.47. The van der Waals surface area contributed by atoms with Crippen LogP contribution in [0.3, 0.4) is 0 Å². The molecule has 1 aliphatic carbocycles. The maximum Gasteiger partial charge on any atom is 0.344 e. The zero-order chi connectivity index (χ0) is 41.8. The standard InChI is InChI=1S/C46H54N4O9/c1-8-27-21-28-24-45(41(53)57-6,36-30(15-19-50(25-27)37(28)52)29-13-10-11-14-33(29)47-36)32-22-31-34(23-35(32)56-5)48(4)39-44(31)17-20-49-18-12-16-43(9-2,38(44)49)40(59-26(3)51)46(39,55)42(54)58-7/h10-14,16,21-23,28,38-40,47,55H,8-9,15,17-20,24-25H2,1-7H3/t28-,38+,39-,40-,43-,44-,45+,46+/m1/s1. The summed E-state index contributed by atoms with van der Waals surface area (Å²) in [4.78, 5) is 67.1. The number of aliphatic hydroxyl groups is 1. The first kappa shape index (κ1) is 39.3. The molecule has 1 saturated heterocycles. The third-order valence-electron chi connectivity index (χ3n) is 15.0. The van der Waals surface area contributed by atoms with E-state index in [4.69, 9.17) is 18.9 Å². The smallest absolute Gasteiger partial charge is 0.344 e. The Balaban J connectivity index is 1.38. The molecule has 9 rings (SSSR count). The highest BCUT2D eigenvalue weighted by Crippen LogP contribution is 2.68. The van der Waals surface area contributed by atoms with Crippen molar-refractivity contribution in [1.82, 2.24) is 14.8 Å². The number of carbonyl (C=O) groups is 4. The number of nitrogens with zero attached hydrogens (tertiary/aromatic N) is 3. The van der Waals surface area contributed by atoms with E-state index in [1.807, 2.05) is 78.4 Å². The quantitative estimate of drug-likeness (QED) is 0.200. The number of para-hydroxylation sites is 1. The first-order chi connectivity index (χ1) is 28.3. The Bertz CT molecular complexity index is 2350. The summed E-state index contributed by atoms with van der Waals surface area (Å²) in [5, 5.41) is 14.3. The summed E-state index contributed by atoms with van der Waals surface area (Å²) >= 11 is 0. The van der Waals surface area contributed by atoms with Crippen molar-refractivity contribution in [3.05, 3.63) is 82.6 Å². The van der Waals surface area contributed by atoms with Crippen molar-refractivity contribution in [1.29, 1.82) is 0 Å². The number of hydrogen-bond donors (Lipinski definition) is 2. The van der Waals surface area contributed by atoms with E-state index in [1.54, 1.807) is 7.11 Å². The molecule has 312 valence electrons. The fourth-order valence-electron chi connectivity index (χ4n) is 12.8. The van der Waals surface area contributed by atoms with Gasteiger partial charge in [0.05, 0.1) is 33.3 Å². The van der Waals surface area contributed by atoms with Crippen LogP contribution in [0.25, 0.3) is 10.9 Å². The first-order valence-electron chi connectivity index (χ1n) is 20.8. The van der Waals surface area contributed by atoms with E-state index in [2.05, 4.69) is 16.8 Å². The predicted octanol–water partition coefficient (Wildman–Crippen LogP) is 4.32. The zero-order valence-electron chi connectivity index (χ0n) is 34.9. The second-order valence-electron chi connectivity index (χ2n) is 17.4. The number of aromatic amines is 1. The summed E-state index contributed by atoms with van der Waals surface area (Å²) in [5.74, 6) is -2.35. The molecule has 2 aromatic carbocycles. The predicted molar refractivity (Wildman–Crippen MR) is 219 cm³/mol. The van der Waals surface area contributed by atoms with Gasteiger partial charge in [-0.15, -0.1) is 0 Å². The Morgan fingerprint density at radius 3 is 2.46 bits per heavy atom. The number of likely N-dealkylation sites (N-methyl/N-ethyl adjacent to an activating group) is 1. The van der Waals surface area contributed by atoms with Gasteiger partial charge >= 0.3 is 17.9 Å². The maximum absolute atomic E-state index is 15.3. The lowest BCUT2D eigenvalue weighted by molar-refractivity contribution is -0.228. The van der Waals surface area contributed by atoms with Crippen molar-refractivity contribution in [3.63, 3.8) is 0 Å². The molecule has 1 saturated carbocycles. The van der Waals surface area contributed by atoms with Crippen LogP contribution in [0.2, 0.25) is 0 Å². The monoisotopic (exact) mass is 806 g/mol. The van der Waals surface area contributed by atoms with Crippen molar-refractivity contribution in [2.75, 3.05) is 59.5 Å². The van der Waals surface area contributed by atoms with E-state index < -0.39 is 57.8 Å². The molecule has 2 bridgehead atoms. The van der Waals surface area contributed by atoms with Crippen LogP contribution in [0.1, 0.15) is 68.8 Å². The number of H-pyrrole nitrogens is 1. The van der Waals surface area contributed by atoms with Gasteiger partial charge in [-0.05, 0) is 61.9 Å². The van der Waals surface area contributed by atoms with E-state index in [-0.39, 0.29) is 18.4 Å². The molecule has 0 radical (unpaired) electrons. The maximum atomic E-state index is 15.3. The fraction of sp³-hybridized carbons (Fsp3) is 0.522. The lowest BCUT2D eigenvalue weighted by Gasteiger charge is -2.63. The second-order valence-corrected chi connectivity index (χ2v) is 17.4. The van der Waals surface area contributed by atoms with Gasteiger partial charge in [-0.2, -0.15) is 0 Å². The third kappa shape index (κ3) is 4.97. The molecule has 3 aromatic rings. The highest BCUT2D eigenvalue weighted by molar-refractivity contribution is 5.96. The number of carbonyl (C=O) groups excluding carboxylic acids is 4. The molecule has 1 spiro atoms. The van der Waals surface area contributed by atoms with Gasteiger partial charge in [-0.25, -0.2) is 4.79 Å². The van der Waals surface area contributed by atoms with Crippen LogP contribution in [0, 0.1) is 11.3 Å². The Labute approximate surface area is 344 Å². The van der Waals surface area contributed by atoms with Crippen LogP contribution >= 0.6 is 0 Å². The third-order valence-corrected chi connectivity index (χ3v) is 15.0. The van der Waals surface area contributed by atoms with Gasteiger partial charge in [0.25, 0.3) is 0 Å². The number of amides is 1. The van der Waals surface area contributed by atoms with Crippen LogP contribution in [0.4, 0.5) is 5.69 Å². The number of anilines is 1. The summed E-state index contributed by atoms with van der Waals surface area (Å²) in [7, 11) is 6.03. The summed E-state index contributed by atoms with van der Waals surface area (Å²) in [6.07, 6.45) is 7.14. The van der Waals surface area contributed by atoms with E-state index in [0.29, 0.717) is 68.1 Å². The number of aromatic nitrogens is 1. The van der Waals surface area contributed by atoms with Gasteiger partial charge < -0.3 is 38.8 Å². The molecule has 2 fully saturated rings. The topological polar surface area (TPSA) is 151 Å². The van der Waals surface area contributed by atoms with Crippen LogP contribution in [-0.2, 0) is 50.6 Å². The van der Waals surface area contributed by atoms with Gasteiger partial charge in [0.2, 0.25) is 11.5 Å². The number of methoxy groups -OCH3 is 3. The van der Waals surface area contributed by atoms with E-state index in [9.17, 15) is 19.5 Å². The SMILES string of the molecule is CCC1=C[C@@H]2C[C@](C(=O)OC)(c3cc4c(cc3OC)N(C)[C@H]3[C@@](O)(C(=O)OC)[C@H](OC(C)=O)[C@]5(CC)C=CCN6CC[C@]43[C@@H]65)c3[nH]c4ccccc4c3CCN(C1)C2=O.